The van der Waals surface area contributed by atoms with Gasteiger partial charge in [-0.05, 0) is 47.7 Å². The average molecular weight is 433 g/mol. The Balaban J connectivity index is 1.45. The second-order valence-corrected chi connectivity index (χ2v) is 8.07. The molecule has 1 fully saturated rings. The van der Waals surface area contributed by atoms with E-state index in [1.54, 1.807) is 12.1 Å². The van der Waals surface area contributed by atoms with Crippen molar-refractivity contribution >= 4 is 5.91 Å². The Labute approximate surface area is 189 Å². The molecule has 32 heavy (non-hydrogen) atoms. The molecule has 4 nitrogen and oxygen atoms in total. The predicted octanol–water partition coefficient (Wildman–Crippen LogP) is 4.41. The fraction of sp³-hybridized carbons (Fsp3) is 0.296. The van der Waals surface area contributed by atoms with Crippen LogP contribution in [0.3, 0.4) is 0 Å². The van der Waals surface area contributed by atoms with Gasteiger partial charge in [0.15, 0.2) is 0 Å². The number of amides is 1. The van der Waals surface area contributed by atoms with Crippen molar-refractivity contribution in [1.82, 2.24) is 10.2 Å². The number of hydrogen-bond donors (Lipinski definition) is 1. The van der Waals surface area contributed by atoms with Crippen LogP contribution in [-0.4, -0.2) is 43.7 Å². The highest BCUT2D eigenvalue weighted by Gasteiger charge is 2.24. The summed E-state index contributed by atoms with van der Waals surface area (Å²) in [6.45, 7) is 3.34. The predicted molar refractivity (Wildman–Crippen MR) is 124 cm³/mol. The lowest BCUT2D eigenvalue weighted by molar-refractivity contribution is 0.0162. The lowest BCUT2D eigenvalue weighted by Gasteiger charge is -2.35. The summed E-state index contributed by atoms with van der Waals surface area (Å²) in [4.78, 5) is 15.4. The van der Waals surface area contributed by atoms with Crippen molar-refractivity contribution in [2.24, 2.45) is 0 Å². The molecule has 1 N–H and O–H groups in total. The molecule has 0 aromatic heterocycles. The third-order valence-corrected chi connectivity index (χ3v) is 5.99. The molecule has 0 radical (unpaired) electrons. The number of benzene rings is 3. The second kappa shape index (κ2) is 11.0. The van der Waals surface area contributed by atoms with Crippen LogP contribution in [0.2, 0.25) is 0 Å². The molecular weight excluding hydrogens is 403 g/mol. The molecule has 1 amide bonds. The summed E-state index contributed by atoms with van der Waals surface area (Å²) in [5.74, 6) is -0.333. The molecule has 1 aliphatic rings. The lowest BCUT2D eigenvalue weighted by Crippen LogP contribution is -2.44. The summed E-state index contributed by atoms with van der Waals surface area (Å²) in [6, 6.07) is 24.6. The first-order valence-electron chi connectivity index (χ1n) is 11.2. The van der Waals surface area contributed by atoms with Gasteiger partial charge in [0.25, 0.3) is 5.91 Å². The minimum atomic E-state index is -0.258. The van der Waals surface area contributed by atoms with E-state index >= 15 is 0 Å². The van der Waals surface area contributed by atoms with Crippen LogP contribution in [0.15, 0.2) is 78.9 Å². The van der Waals surface area contributed by atoms with Crippen LogP contribution in [0.25, 0.3) is 0 Å². The minimum Gasteiger partial charge on any atom is -0.379 e. The Kier molecular flexibility index (Phi) is 7.64. The normalized spacial score (nSPS) is 15.3. The van der Waals surface area contributed by atoms with Gasteiger partial charge in [-0.25, -0.2) is 4.39 Å². The molecule has 1 atom stereocenters. The summed E-state index contributed by atoms with van der Waals surface area (Å²) in [6.07, 6.45) is 1.69. The molecule has 4 rings (SSSR count). The van der Waals surface area contributed by atoms with Crippen LogP contribution in [0.1, 0.15) is 33.1 Å². The summed E-state index contributed by atoms with van der Waals surface area (Å²) in [5.41, 5.74) is 4.00. The molecule has 0 aliphatic carbocycles. The van der Waals surface area contributed by atoms with Crippen LogP contribution in [0, 0.1) is 5.82 Å². The highest BCUT2D eigenvalue weighted by Crippen LogP contribution is 2.22. The van der Waals surface area contributed by atoms with E-state index < -0.39 is 0 Å². The third-order valence-electron chi connectivity index (χ3n) is 5.99. The Morgan fingerprint density at radius 1 is 0.906 bits per heavy atom. The zero-order valence-electron chi connectivity index (χ0n) is 18.2. The van der Waals surface area contributed by atoms with Gasteiger partial charge in [0.05, 0.1) is 19.3 Å². The maximum atomic E-state index is 13.5. The smallest absolute Gasteiger partial charge is 0.251 e. The van der Waals surface area contributed by atoms with Crippen LogP contribution >= 0.6 is 0 Å². The maximum Gasteiger partial charge on any atom is 0.251 e. The quantitative estimate of drug-likeness (QED) is 0.573. The highest BCUT2D eigenvalue weighted by molar-refractivity contribution is 5.95. The first kappa shape index (κ1) is 22.2. The number of nitrogens with one attached hydrogen (secondary N) is 1. The van der Waals surface area contributed by atoms with Crippen molar-refractivity contribution < 1.29 is 13.9 Å². The van der Waals surface area contributed by atoms with Crippen molar-refractivity contribution in [2.45, 2.75) is 18.9 Å². The zero-order valence-corrected chi connectivity index (χ0v) is 18.2. The molecule has 3 aromatic rings. The first-order valence-corrected chi connectivity index (χ1v) is 11.2. The SMILES string of the molecule is O=C(NC[C@@H](c1ccc(F)cc1)N1CCOCC1)c1ccccc1CCc1ccccc1. The number of aryl methyl sites for hydroxylation is 2. The Morgan fingerprint density at radius 2 is 1.59 bits per heavy atom. The Bertz CT molecular complexity index is 1000. The van der Waals surface area contributed by atoms with Crippen LogP contribution in [0.5, 0.6) is 0 Å². The number of nitrogens with zero attached hydrogens (tertiary/aromatic N) is 1. The summed E-state index contributed by atoms with van der Waals surface area (Å²) in [7, 11) is 0. The van der Waals surface area contributed by atoms with E-state index in [1.807, 2.05) is 42.5 Å². The van der Waals surface area contributed by atoms with Crippen molar-refractivity contribution in [3.8, 4) is 0 Å². The summed E-state index contributed by atoms with van der Waals surface area (Å²) in [5, 5.41) is 3.13. The second-order valence-electron chi connectivity index (χ2n) is 8.07. The molecule has 5 heteroatoms. The first-order chi connectivity index (χ1) is 15.7. The van der Waals surface area contributed by atoms with Gasteiger partial charge in [0, 0.05) is 25.2 Å². The largest absolute Gasteiger partial charge is 0.379 e. The van der Waals surface area contributed by atoms with Gasteiger partial charge in [-0.3, -0.25) is 9.69 Å². The van der Waals surface area contributed by atoms with Crippen molar-refractivity contribution in [2.75, 3.05) is 32.8 Å². The molecular formula is C27H29FN2O2. The number of ether oxygens (including phenoxy) is 1. The van der Waals surface area contributed by atoms with Crippen molar-refractivity contribution in [3.05, 3.63) is 107 Å². The number of rotatable bonds is 8. The molecule has 0 spiro atoms. The summed E-state index contributed by atoms with van der Waals surface area (Å²) < 4.78 is 19.0. The van der Waals surface area contributed by atoms with E-state index in [0.29, 0.717) is 25.3 Å². The monoisotopic (exact) mass is 432 g/mol. The van der Waals surface area contributed by atoms with Gasteiger partial charge in [0.2, 0.25) is 0 Å². The Hall–Kier alpha value is -3.02. The standard InChI is InChI=1S/C27H29FN2O2/c28-24-14-12-23(13-15-24)26(30-16-18-32-19-17-30)20-29-27(31)25-9-5-4-8-22(25)11-10-21-6-2-1-3-7-21/h1-9,12-15,26H,10-11,16-20H2,(H,29,31)/t26-/m0/s1. The zero-order chi connectivity index (χ0) is 22.2. The number of hydrogen-bond acceptors (Lipinski definition) is 3. The van der Waals surface area contributed by atoms with Crippen LogP contribution in [0.4, 0.5) is 4.39 Å². The maximum absolute atomic E-state index is 13.5. The topological polar surface area (TPSA) is 41.6 Å². The molecule has 1 heterocycles. The highest BCUT2D eigenvalue weighted by atomic mass is 19.1. The van der Waals surface area contributed by atoms with Crippen LogP contribution < -0.4 is 5.32 Å². The van der Waals surface area contributed by atoms with Gasteiger partial charge < -0.3 is 10.1 Å². The van der Waals surface area contributed by atoms with E-state index in [4.69, 9.17) is 4.74 Å². The number of carbonyl (C=O) groups is 1. The number of halogens is 1. The van der Waals surface area contributed by atoms with Gasteiger partial charge in [-0.1, -0.05) is 60.7 Å². The van der Waals surface area contributed by atoms with Crippen molar-refractivity contribution in [3.63, 3.8) is 0 Å². The van der Waals surface area contributed by atoms with E-state index in [1.165, 1.54) is 17.7 Å². The molecule has 1 aliphatic heterocycles. The van der Waals surface area contributed by atoms with Gasteiger partial charge in [0.1, 0.15) is 5.82 Å². The molecule has 0 saturated carbocycles. The molecule has 0 unspecified atom stereocenters. The molecule has 3 aromatic carbocycles. The van der Waals surface area contributed by atoms with E-state index in [-0.39, 0.29) is 17.8 Å². The molecule has 0 bridgehead atoms. The van der Waals surface area contributed by atoms with E-state index in [2.05, 4.69) is 22.3 Å². The van der Waals surface area contributed by atoms with E-state index in [0.717, 1.165) is 37.1 Å². The van der Waals surface area contributed by atoms with Gasteiger partial charge in [-0.15, -0.1) is 0 Å². The van der Waals surface area contributed by atoms with E-state index in [9.17, 15) is 9.18 Å². The summed E-state index contributed by atoms with van der Waals surface area (Å²) >= 11 is 0. The minimum absolute atomic E-state index is 0.0278. The fourth-order valence-corrected chi connectivity index (χ4v) is 4.20. The van der Waals surface area contributed by atoms with Gasteiger partial charge in [-0.2, -0.15) is 0 Å². The number of carbonyl (C=O) groups excluding carboxylic acids is 1. The number of morpholine rings is 1. The molecule has 166 valence electrons. The lowest BCUT2D eigenvalue weighted by atomic mass is 9.99. The Morgan fingerprint density at radius 3 is 2.34 bits per heavy atom. The van der Waals surface area contributed by atoms with Crippen molar-refractivity contribution in [1.29, 1.82) is 0 Å². The fourth-order valence-electron chi connectivity index (χ4n) is 4.20. The molecule has 1 saturated heterocycles. The van der Waals surface area contributed by atoms with Crippen LogP contribution in [-0.2, 0) is 17.6 Å². The van der Waals surface area contributed by atoms with Gasteiger partial charge >= 0.3 is 0 Å². The average Bonchev–Trinajstić information content (AvgIpc) is 2.85. The third kappa shape index (κ3) is 5.81.